The quantitative estimate of drug-likeness (QED) is 0.286. The third kappa shape index (κ3) is 4.39. The Bertz CT molecular complexity index is 804. The van der Waals surface area contributed by atoms with Gasteiger partial charge in [-0.25, -0.2) is 4.79 Å². The fourth-order valence-electron chi connectivity index (χ4n) is 3.06. The first-order valence-electron chi connectivity index (χ1n) is 8.99. The molecular weight excluding hydrogens is 490 g/mol. The summed E-state index contributed by atoms with van der Waals surface area (Å²) in [5.74, 6) is 1.65. The predicted octanol–water partition coefficient (Wildman–Crippen LogP) is 1.35. The van der Waals surface area contributed by atoms with Crippen LogP contribution < -0.4 is 14.8 Å². The first-order chi connectivity index (χ1) is 13.3. The van der Waals surface area contributed by atoms with Crippen LogP contribution in [-0.2, 0) is 4.79 Å². The second-order valence-electron chi connectivity index (χ2n) is 6.77. The van der Waals surface area contributed by atoms with Gasteiger partial charge in [-0.15, -0.1) is 0 Å². The Balaban J connectivity index is 1.98. The molecule has 1 N–H and O–H groups in total. The summed E-state index contributed by atoms with van der Waals surface area (Å²) in [5.41, 5.74) is 0.718. The van der Waals surface area contributed by atoms with E-state index >= 15 is 0 Å². The number of benzene rings is 1. The van der Waals surface area contributed by atoms with Crippen molar-refractivity contribution in [2.24, 2.45) is 4.99 Å². The maximum Gasteiger partial charge on any atom is 0.325 e. The molecule has 8 nitrogen and oxygen atoms in total. The first kappa shape index (κ1) is 21.2. The number of amidine groups is 1. The lowest BCUT2D eigenvalue weighted by Crippen LogP contribution is -2.56. The van der Waals surface area contributed by atoms with Crippen molar-refractivity contribution in [2.45, 2.75) is 28.9 Å². The minimum Gasteiger partial charge on any atom is -0.497 e. The Kier molecular flexibility index (Phi) is 6.73. The molecular formula is C18H22AlIN4O4. The van der Waals surface area contributed by atoms with E-state index in [1.165, 1.54) is 0 Å². The lowest BCUT2D eigenvalue weighted by Gasteiger charge is -2.34. The maximum atomic E-state index is 13.3. The molecule has 10 heteroatoms. The molecule has 0 bridgehead atoms. The van der Waals surface area contributed by atoms with Crippen LogP contribution in [-0.4, -0.2) is 85.7 Å². The fraction of sp³-hybridized carbons (Fsp3) is 0.500. The molecule has 2 atom stereocenters. The number of hydrogen-bond acceptors (Lipinski definition) is 5. The summed E-state index contributed by atoms with van der Waals surface area (Å²) in [6, 6.07) is 5.23. The molecule has 0 saturated carbocycles. The molecule has 3 rings (SSSR count). The van der Waals surface area contributed by atoms with Crippen molar-refractivity contribution in [2.75, 3.05) is 26.7 Å². The molecule has 1 aromatic carbocycles. The van der Waals surface area contributed by atoms with Gasteiger partial charge in [0.15, 0.2) is 16.3 Å². The summed E-state index contributed by atoms with van der Waals surface area (Å²) in [5, 5.41) is 2.74. The monoisotopic (exact) mass is 512 g/mol. The van der Waals surface area contributed by atoms with Crippen LogP contribution in [0.3, 0.4) is 0 Å². The van der Waals surface area contributed by atoms with Crippen molar-refractivity contribution in [1.29, 1.82) is 0 Å². The van der Waals surface area contributed by atoms with E-state index in [-0.39, 0.29) is 33.5 Å². The molecule has 2 aliphatic heterocycles. The van der Waals surface area contributed by atoms with Crippen molar-refractivity contribution >= 4 is 56.7 Å². The van der Waals surface area contributed by atoms with Gasteiger partial charge in [-0.2, -0.15) is 0 Å². The standard InChI is InChI=1S/C18H22IN4O4.Al/c1-11(2)27-14-8-12(26-3)4-5-13(14)17-21-15(19)9-23(17)18(25)22-7-6-20-16(24)10-22;/h4-5,8-9,11,15H,6-7,10H2,1-3H3,(H,20,24);. The number of nitrogens with one attached hydrogen (secondary N) is 1. The van der Waals surface area contributed by atoms with E-state index in [1.54, 1.807) is 23.0 Å². The number of alkyl halides is 1. The summed E-state index contributed by atoms with van der Waals surface area (Å²) < 4.78 is 11.2. The second-order valence-corrected chi connectivity index (χ2v) is 8.73. The smallest absolute Gasteiger partial charge is 0.325 e. The highest BCUT2D eigenvalue weighted by Crippen LogP contribution is 2.32. The van der Waals surface area contributed by atoms with Crippen molar-refractivity contribution in [3.05, 3.63) is 23.8 Å². The van der Waals surface area contributed by atoms with Crippen molar-refractivity contribution in [3.63, 3.8) is 0 Å². The number of urea groups is 1. The third-order valence-corrected chi connectivity index (χ3v) is 6.82. The number of piperazine rings is 1. The van der Waals surface area contributed by atoms with Gasteiger partial charge in [-0.05, 0) is 30.9 Å². The van der Waals surface area contributed by atoms with E-state index in [2.05, 4.69) is 44.2 Å². The normalized spacial score (nSPS) is 22.2. The van der Waals surface area contributed by atoms with E-state index in [1.807, 2.05) is 26.0 Å². The van der Waals surface area contributed by atoms with Gasteiger partial charge in [-0.1, -0.05) is 22.6 Å². The molecule has 3 amide bonds. The molecule has 1 aromatic rings. The second kappa shape index (κ2) is 8.88. The average Bonchev–Trinajstić information content (AvgIpc) is 2.95. The van der Waals surface area contributed by atoms with E-state index in [0.29, 0.717) is 30.4 Å². The summed E-state index contributed by atoms with van der Waals surface area (Å²) in [7, 11) is 1.60. The SMILES string of the molecule is COc1ccc(C2=NC(I)[CH]([Al])N2C(=O)N2CCNC(=O)C2)c(OC(C)C)c1. The van der Waals surface area contributed by atoms with E-state index in [0.717, 1.165) is 5.56 Å². The number of carbonyl (C=O) groups excluding carboxylic acids is 2. The molecule has 0 spiro atoms. The minimum absolute atomic E-state index is 0.0455. The number of methoxy groups -OCH3 is 1. The van der Waals surface area contributed by atoms with Crippen molar-refractivity contribution in [3.8, 4) is 11.5 Å². The predicted molar refractivity (Wildman–Crippen MR) is 114 cm³/mol. The zero-order valence-electron chi connectivity index (χ0n) is 16.0. The molecule has 148 valence electrons. The minimum atomic E-state index is -0.237. The Morgan fingerprint density at radius 3 is 2.82 bits per heavy atom. The number of halogens is 1. The summed E-state index contributed by atoms with van der Waals surface area (Å²) >= 11 is 4.89. The number of amides is 3. The summed E-state index contributed by atoms with van der Waals surface area (Å²) in [6.07, 6.45) is -0.0509. The number of nitrogens with zero attached hydrogens (tertiary/aromatic N) is 3. The lowest BCUT2D eigenvalue weighted by molar-refractivity contribution is -0.123. The van der Waals surface area contributed by atoms with Gasteiger partial charge in [-0.3, -0.25) is 14.7 Å². The molecule has 2 aliphatic rings. The third-order valence-electron chi connectivity index (χ3n) is 4.36. The van der Waals surface area contributed by atoms with Gasteiger partial charge in [0.05, 0.1) is 18.8 Å². The Labute approximate surface area is 186 Å². The Morgan fingerprint density at radius 2 is 2.18 bits per heavy atom. The number of ether oxygens (including phenoxy) is 2. The van der Waals surface area contributed by atoms with Gasteiger partial charge in [0, 0.05) is 19.2 Å². The van der Waals surface area contributed by atoms with Gasteiger partial charge >= 0.3 is 6.03 Å². The average molecular weight is 512 g/mol. The van der Waals surface area contributed by atoms with E-state index in [4.69, 9.17) is 14.5 Å². The number of carbonyl (C=O) groups is 2. The maximum absolute atomic E-state index is 13.3. The molecule has 2 unspecified atom stereocenters. The molecule has 1 saturated heterocycles. The zero-order chi connectivity index (χ0) is 20.4. The summed E-state index contributed by atoms with van der Waals surface area (Å²) in [6.45, 7) is 4.84. The van der Waals surface area contributed by atoms with Crippen LogP contribution in [0.5, 0.6) is 11.5 Å². The zero-order valence-corrected chi connectivity index (χ0v) is 19.3. The molecule has 2 heterocycles. The molecule has 2 radical (unpaired) electrons. The van der Waals surface area contributed by atoms with E-state index in [9.17, 15) is 9.59 Å². The largest absolute Gasteiger partial charge is 0.497 e. The Morgan fingerprint density at radius 1 is 1.43 bits per heavy atom. The van der Waals surface area contributed by atoms with Crippen molar-refractivity contribution < 1.29 is 19.1 Å². The van der Waals surface area contributed by atoms with Crippen LogP contribution >= 0.6 is 22.6 Å². The van der Waals surface area contributed by atoms with Crippen LogP contribution in [0.4, 0.5) is 4.79 Å². The van der Waals surface area contributed by atoms with Crippen LogP contribution in [0, 0.1) is 0 Å². The van der Waals surface area contributed by atoms with Crippen LogP contribution in [0.2, 0.25) is 0 Å². The van der Waals surface area contributed by atoms with Crippen LogP contribution in [0.15, 0.2) is 23.2 Å². The number of hydrogen-bond donors (Lipinski definition) is 1. The van der Waals surface area contributed by atoms with Crippen LogP contribution in [0.1, 0.15) is 19.4 Å². The number of rotatable bonds is 4. The highest BCUT2D eigenvalue weighted by molar-refractivity contribution is 14.1. The molecule has 28 heavy (non-hydrogen) atoms. The molecule has 0 aliphatic carbocycles. The van der Waals surface area contributed by atoms with Crippen LogP contribution in [0.25, 0.3) is 0 Å². The molecule has 0 aromatic heterocycles. The highest BCUT2D eigenvalue weighted by atomic mass is 127. The van der Waals surface area contributed by atoms with Crippen molar-refractivity contribution in [1.82, 2.24) is 15.1 Å². The van der Waals surface area contributed by atoms with Gasteiger partial charge in [0.25, 0.3) is 0 Å². The topological polar surface area (TPSA) is 83.5 Å². The highest BCUT2D eigenvalue weighted by Gasteiger charge is 2.39. The Hall–Kier alpha value is -1.51. The molecule has 1 fully saturated rings. The van der Waals surface area contributed by atoms with Gasteiger partial charge in [0.1, 0.15) is 27.9 Å². The summed E-state index contributed by atoms with van der Waals surface area (Å²) in [4.78, 5) is 32.7. The first-order valence-corrected chi connectivity index (χ1v) is 10.9. The van der Waals surface area contributed by atoms with Gasteiger partial charge in [0.2, 0.25) is 5.91 Å². The fourth-order valence-corrected chi connectivity index (χ4v) is 4.00. The lowest BCUT2D eigenvalue weighted by atomic mass is 10.1. The van der Waals surface area contributed by atoms with E-state index < -0.39 is 0 Å². The van der Waals surface area contributed by atoms with Gasteiger partial charge < -0.3 is 19.7 Å². The number of aliphatic imine (C=N–C) groups is 1.